The minimum Gasteiger partial charge on any atom is -0.480 e. The molecule has 0 radical (unpaired) electrons. The summed E-state index contributed by atoms with van der Waals surface area (Å²) >= 11 is 0. The Labute approximate surface area is 77.6 Å². The molecule has 1 atom stereocenters. The maximum atomic E-state index is 10.4. The maximum Gasteiger partial charge on any atom is 0.317 e. The minimum absolute atomic E-state index is 0.0392. The number of carboxylic acids is 1. The van der Waals surface area contributed by atoms with Crippen LogP contribution in [0.2, 0.25) is 0 Å². The second kappa shape index (κ2) is 5.90. The summed E-state index contributed by atoms with van der Waals surface area (Å²) in [7, 11) is 0. The first-order chi connectivity index (χ1) is 5.97. The number of carbonyl (C=O) groups is 1. The first kappa shape index (κ1) is 12.3. The highest BCUT2D eigenvalue weighted by Gasteiger charge is 2.16. The zero-order chi connectivity index (χ0) is 10.4. The van der Waals surface area contributed by atoms with Crippen LogP contribution in [0, 0.1) is 0 Å². The molecule has 0 saturated carbocycles. The molecule has 0 aromatic heterocycles. The number of hydrogen-bond acceptors (Lipinski definition) is 4. The van der Waals surface area contributed by atoms with E-state index < -0.39 is 12.1 Å². The second-order valence-corrected chi connectivity index (χ2v) is 3.25. The molecule has 0 aliphatic rings. The Morgan fingerprint density at radius 1 is 1.46 bits per heavy atom. The number of hydrogen-bond donors (Lipinski definition) is 3. The molecule has 13 heavy (non-hydrogen) atoms. The molecule has 78 valence electrons. The van der Waals surface area contributed by atoms with Gasteiger partial charge in [-0.2, -0.15) is 0 Å². The third-order valence-electron chi connectivity index (χ3n) is 1.72. The summed E-state index contributed by atoms with van der Waals surface area (Å²) in [4.78, 5) is 12.0. The molecule has 0 aliphatic heterocycles. The van der Waals surface area contributed by atoms with Crippen LogP contribution in [0.4, 0.5) is 0 Å². The van der Waals surface area contributed by atoms with E-state index in [1.54, 1.807) is 4.90 Å². The average molecular weight is 191 g/mol. The van der Waals surface area contributed by atoms with Crippen LogP contribution in [-0.4, -0.2) is 58.0 Å². The van der Waals surface area contributed by atoms with Crippen molar-refractivity contribution >= 4 is 5.97 Å². The van der Waals surface area contributed by atoms with Crippen LogP contribution >= 0.6 is 0 Å². The van der Waals surface area contributed by atoms with Gasteiger partial charge in [0.2, 0.25) is 0 Å². The first-order valence-electron chi connectivity index (χ1n) is 4.22. The predicted octanol–water partition coefficient (Wildman–Crippen LogP) is -0.865. The monoisotopic (exact) mass is 191 g/mol. The minimum atomic E-state index is -0.932. The van der Waals surface area contributed by atoms with E-state index in [9.17, 15) is 4.79 Å². The number of aliphatic carboxylic acids is 1. The number of nitrogens with zero attached hydrogens (tertiary/aromatic N) is 1. The van der Waals surface area contributed by atoms with Gasteiger partial charge in [-0.3, -0.25) is 9.69 Å². The van der Waals surface area contributed by atoms with Gasteiger partial charge in [-0.25, -0.2) is 0 Å². The van der Waals surface area contributed by atoms with Crippen molar-refractivity contribution in [2.24, 2.45) is 0 Å². The average Bonchev–Trinajstić information content (AvgIpc) is 2.02. The molecule has 1 unspecified atom stereocenters. The van der Waals surface area contributed by atoms with Crippen molar-refractivity contribution in [2.45, 2.75) is 26.0 Å². The van der Waals surface area contributed by atoms with Crippen molar-refractivity contribution in [2.75, 3.05) is 19.7 Å². The molecule has 0 amide bonds. The fourth-order valence-electron chi connectivity index (χ4n) is 0.960. The quantitative estimate of drug-likeness (QED) is 0.508. The van der Waals surface area contributed by atoms with Crippen molar-refractivity contribution in [1.29, 1.82) is 0 Å². The van der Waals surface area contributed by atoms with Gasteiger partial charge in [0.25, 0.3) is 0 Å². The Morgan fingerprint density at radius 2 is 2.00 bits per heavy atom. The van der Waals surface area contributed by atoms with Gasteiger partial charge in [0.05, 0.1) is 19.3 Å². The molecular weight excluding hydrogens is 174 g/mol. The summed E-state index contributed by atoms with van der Waals surface area (Å²) in [6.45, 7) is 3.40. The molecule has 0 spiro atoms. The molecule has 0 aromatic carbocycles. The Hall–Kier alpha value is -0.650. The van der Waals surface area contributed by atoms with Gasteiger partial charge < -0.3 is 15.3 Å². The van der Waals surface area contributed by atoms with E-state index in [1.165, 1.54) is 0 Å². The summed E-state index contributed by atoms with van der Waals surface area (Å²) in [6, 6.07) is 0.0392. The Balaban J connectivity index is 4.02. The maximum absolute atomic E-state index is 10.4. The summed E-state index contributed by atoms with van der Waals surface area (Å²) in [5.41, 5.74) is 0. The Bertz CT molecular complexity index is 160. The van der Waals surface area contributed by atoms with Gasteiger partial charge in [-0.1, -0.05) is 0 Å². The molecule has 5 nitrogen and oxygen atoms in total. The van der Waals surface area contributed by atoms with E-state index in [0.717, 1.165) is 0 Å². The number of aliphatic hydroxyl groups is 2. The van der Waals surface area contributed by atoms with Crippen molar-refractivity contribution < 1.29 is 20.1 Å². The lowest BCUT2D eigenvalue weighted by molar-refractivity contribution is -0.139. The van der Waals surface area contributed by atoms with Gasteiger partial charge in [-0.05, 0) is 13.8 Å². The molecule has 0 rings (SSSR count). The summed E-state index contributed by atoms with van der Waals surface area (Å²) in [6.07, 6.45) is -0.873. The van der Waals surface area contributed by atoms with Gasteiger partial charge >= 0.3 is 5.97 Å². The lowest BCUT2D eigenvalue weighted by Gasteiger charge is -2.26. The van der Waals surface area contributed by atoms with Gasteiger partial charge in [0, 0.05) is 12.6 Å². The zero-order valence-electron chi connectivity index (χ0n) is 7.97. The fraction of sp³-hybridized carbons (Fsp3) is 0.875. The molecule has 0 aliphatic carbocycles. The van der Waals surface area contributed by atoms with E-state index in [2.05, 4.69) is 0 Å². The Kier molecular flexibility index (Phi) is 5.61. The van der Waals surface area contributed by atoms with Crippen molar-refractivity contribution in [1.82, 2.24) is 4.90 Å². The van der Waals surface area contributed by atoms with Gasteiger partial charge in [-0.15, -0.1) is 0 Å². The number of carboxylic acid groups (broad SMARTS) is 1. The van der Waals surface area contributed by atoms with Crippen molar-refractivity contribution in [3.8, 4) is 0 Å². The standard InChI is InChI=1S/C8H17NO4/c1-6(2)9(4-8(12)13)3-7(11)5-10/h6-7,10-11H,3-5H2,1-2H3,(H,12,13). The van der Waals surface area contributed by atoms with Crippen LogP contribution < -0.4 is 0 Å². The second-order valence-electron chi connectivity index (χ2n) is 3.25. The lowest BCUT2D eigenvalue weighted by Crippen LogP contribution is -2.41. The highest BCUT2D eigenvalue weighted by Crippen LogP contribution is 1.99. The number of aliphatic hydroxyl groups excluding tert-OH is 2. The smallest absolute Gasteiger partial charge is 0.317 e. The van der Waals surface area contributed by atoms with Crippen LogP contribution in [0.3, 0.4) is 0 Å². The molecule has 0 heterocycles. The highest BCUT2D eigenvalue weighted by molar-refractivity contribution is 5.69. The van der Waals surface area contributed by atoms with Crippen molar-refractivity contribution in [3.05, 3.63) is 0 Å². The van der Waals surface area contributed by atoms with E-state index in [4.69, 9.17) is 15.3 Å². The van der Waals surface area contributed by atoms with Crippen LogP contribution in [0.25, 0.3) is 0 Å². The molecular formula is C8H17NO4. The van der Waals surface area contributed by atoms with Crippen LogP contribution in [0.1, 0.15) is 13.8 Å². The third-order valence-corrected chi connectivity index (χ3v) is 1.72. The number of rotatable bonds is 6. The van der Waals surface area contributed by atoms with Gasteiger partial charge in [0.15, 0.2) is 0 Å². The lowest BCUT2D eigenvalue weighted by atomic mass is 10.2. The molecule has 0 aromatic rings. The molecule has 0 saturated heterocycles. The molecule has 3 N–H and O–H groups in total. The first-order valence-corrected chi connectivity index (χ1v) is 4.22. The molecule has 5 heteroatoms. The van der Waals surface area contributed by atoms with E-state index >= 15 is 0 Å². The van der Waals surface area contributed by atoms with Gasteiger partial charge in [0.1, 0.15) is 0 Å². The zero-order valence-corrected chi connectivity index (χ0v) is 7.97. The van der Waals surface area contributed by atoms with E-state index in [-0.39, 0.29) is 25.7 Å². The van der Waals surface area contributed by atoms with Crippen LogP contribution in [0.5, 0.6) is 0 Å². The largest absolute Gasteiger partial charge is 0.480 e. The fourth-order valence-corrected chi connectivity index (χ4v) is 0.960. The van der Waals surface area contributed by atoms with Crippen molar-refractivity contribution in [3.63, 3.8) is 0 Å². The Morgan fingerprint density at radius 3 is 2.31 bits per heavy atom. The highest BCUT2D eigenvalue weighted by atomic mass is 16.4. The topological polar surface area (TPSA) is 81.0 Å². The predicted molar refractivity (Wildman–Crippen MR) is 47.4 cm³/mol. The molecule has 0 fully saturated rings. The molecule has 0 bridgehead atoms. The SMILES string of the molecule is CC(C)N(CC(=O)O)CC(O)CO. The van der Waals surface area contributed by atoms with Crippen LogP contribution in [-0.2, 0) is 4.79 Å². The summed E-state index contributed by atoms with van der Waals surface area (Å²) in [5, 5.41) is 26.2. The van der Waals surface area contributed by atoms with E-state index in [0.29, 0.717) is 0 Å². The summed E-state index contributed by atoms with van der Waals surface area (Å²) < 4.78 is 0. The van der Waals surface area contributed by atoms with Crippen LogP contribution in [0.15, 0.2) is 0 Å². The van der Waals surface area contributed by atoms with E-state index in [1.807, 2.05) is 13.8 Å². The summed E-state index contributed by atoms with van der Waals surface area (Å²) in [5.74, 6) is -0.932. The normalized spacial score (nSPS) is 13.7. The third kappa shape index (κ3) is 5.57.